The highest BCUT2D eigenvalue weighted by molar-refractivity contribution is 7.19. The second kappa shape index (κ2) is 25.1. The molecule has 0 amide bonds. The van der Waals surface area contributed by atoms with E-state index in [4.69, 9.17) is 11.1 Å². The van der Waals surface area contributed by atoms with Gasteiger partial charge in [-0.1, -0.05) is 174 Å². The Kier molecular flexibility index (Phi) is 25.5. The van der Waals surface area contributed by atoms with Crippen molar-refractivity contribution in [2.75, 3.05) is 0 Å². The molecule has 0 unspecified atom stereocenters. The third-order valence-electron chi connectivity index (χ3n) is 7.10. The lowest BCUT2D eigenvalue weighted by Gasteiger charge is -2.19. The fourth-order valence-corrected chi connectivity index (χ4v) is 7.82. The maximum absolute atomic E-state index is 6.94. The Hall–Kier alpha value is 0.507. The zero-order valence-corrected chi connectivity index (χ0v) is 24.0. The van der Waals surface area contributed by atoms with Crippen LogP contribution >= 0.6 is 11.1 Å². The normalized spacial score (nSPS) is 12.0. The van der Waals surface area contributed by atoms with Crippen LogP contribution in [0.25, 0.3) is 0 Å². The molecule has 31 heavy (non-hydrogen) atoms. The predicted molar refractivity (Wildman–Crippen MR) is 149 cm³/mol. The van der Waals surface area contributed by atoms with Gasteiger partial charge in [-0.3, -0.25) is 0 Å². The smallest absolute Gasteiger partial charge is 0.153 e. The van der Waals surface area contributed by atoms with Crippen molar-refractivity contribution in [1.29, 1.82) is 0 Å². The molecule has 0 radical (unpaired) electrons. The lowest BCUT2D eigenvalue weighted by Crippen LogP contribution is -2.21. The van der Waals surface area contributed by atoms with Crippen molar-refractivity contribution in [3.63, 3.8) is 0 Å². The Morgan fingerprint density at radius 3 is 0.774 bits per heavy atom. The van der Waals surface area contributed by atoms with Gasteiger partial charge in [0.2, 0.25) is 0 Å². The van der Waals surface area contributed by atoms with Crippen molar-refractivity contribution >= 4 is 18.5 Å². The van der Waals surface area contributed by atoms with Crippen molar-refractivity contribution in [3.8, 4) is 0 Å². The van der Waals surface area contributed by atoms with Gasteiger partial charge in [0.15, 0.2) is 7.38 Å². The number of hydrogen-bond acceptors (Lipinski definition) is 0. The van der Waals surface area contributed by atoms with Crippen molar-refractivity contribution in [1.82, 2.24) is 0 Å². The highest BCUT2D eigenvalue weighted by Crippen LogP contribution is 2.27. The van der Waals surface area contributed by atoms with Crippen LogP contribution in [-0.2, 0) is 0 Å². The Morgan fingerprint density at radius 2 is 0.548 bits per heavy atom. The summed E-state index contributed by atoms with van der Waals surface area (Å²) in [6.45, 7) is 7.02. The van der Waals surface area contributed by atoms with Gasteiger partial charge in [-0.25, -0.2) is 0 Å². The zero-order chi connectivity index (χ0) is 22.9. The molecule has 0 heterocycles. The molecule has 0 nitrogen and oxygen atoms in total. The van der Waals surface area contributed by atoms with Crippen LogP contribution in [0.3, 0.4) is 0 Å². The van der Waals surface area contributed by atoms with Crippen LogP contribution in [0.1, 0.15) is 168 Å². The minimum absolute atomic E-state index is 1.35. The highest BCUT2D eigenvalue weighted by atomic mass is 35.6. The molecule has 0 aliphatic rings. The highest BCUT2D eigenvalue weighted by Gasteiger charge is 2.22. The summed E-state index contributed by atoms with van der Waals surface area (Å²) in [6, 6.07) is 2.70. The number of hydrogen-bond donors (Lipinski definition) is 0. The summed E-state index contributed by atoms with van der Waals surface area (Å²) in [5.41, 5.74) is 0. The van der Waals surface area contributed by atoms with Crippen LogP contribution in [0.4, 0.5) is 0 Å². The van der Waals surface area contributed by atoms with Crippen LogP contribution in [0.15, 0.2) is 0 Å². The largest absolute Gasteiger partial charge is 0.167 e. The molecule has 0 rings (SSSR count). The molecule has 0 atom stereocenters. The molecule has 0 bridgehead atoms. The third kappa shape index (κ3) is 26.6. The molecular formula is C29H61ClSi. The van der Waals surface area contributed by atoms with Gasteiger partial charge in [-0.2, -0.15) is 11.1 Å². The third-order valence-corrected chi connectivity index (χ3v) is 11.0. The Morgan fingerprint density at radius 1 is 0.355 bits per heavy atom. The molecule has 0 saturated carbocycles. The first kappa shape index (κ1) is 31.5. The molecule has 0 spiro atoms. The minimum atomic E-state index is -1.43. The predicted octanol–water partition coefficient (Wildman–Crippen LogP) is 12.2. The summed E-state index contributed by atoms with van der Waals surface area (Å²) in [4.78, 5) is 0. The van der Waals surface area contributed by atoms with Crippen LogP contribution in [0, 0.1) is 0 Å². The lowest BCUT2D eigenvalue weighted by molar-refractivity contribution is 0.546. The summed E-state index contributed by atoms with van der Waals surface area (Å²) >= 11 is 6.94. The van der Waals surface area contributed by atoms with Crippen LogP contribution in [0.5, 0.6) is 0 Å². The van der Waals surface area contributed by atoms with E-state index in [1.165, 1.54) is 166 Å². The molecule has 2 heteroatoms. The first-order chi connectivity index (χ1) is 15.1. The quantitative estimate of drug-likeness (QED) is 0.0666. The Labute approximate surface area is 204 Å². The van der Waals surface area contributed by atoms with E-state index in [1.54, 1.807) is 0 Å². The molecule has 0 aromatic heterocycles. The van der Waals surface area contributed by atoms with Crippen molar-refractivity contribution in [2.24, 2.45) is 0 Å². The van der Waals surface area contributed by atoms with E-state index >= 15 is 0 Å². The molecule has 0 aliphatic carbocycles. The fourth-order valence-electron chi connectivity index (χ4n) is 4.79. The summed E-state index contributed by atoms with van der Waals surface area (Å²) in [6.07, 6.45) is 34.6. The molecule has 0 aromatic rings. The van der Waals surface area contributed by atoms with E-state index in [2.05, 4.69) is 20.4 Å². The van der Waals surface area contributed by atoms with Gasteiger partial charge in [-0.15, -0.1) is 0 Å². The van der Waals surface area contributed by atoms with E-state index in [0.29, 0.717) is 0 Å². The molecule has 0 aliphatic heterocycles. The average molecular weight is 473 g/mol. The molecule has 0 aromatic carbocycles. The van der Waals surface area contributed by atoms with E-state index in [9.17, 15) is 0 Å². The van der Waals surface area contributed by atoms with E-state index in [1.807, 2.05) is 0 Å². The van der Waals surface area contributed by atoms with Gasteiger partial charge >= 0.3 is 0 Å². The first-order valence-corrected chi connectivity index (χ1v) is 18.7. The molecule has 0 saturated heterocycles. The van der Waals surface area contributed by atoms with E-state index < -0.39 is 7.38 Å². The van der Waals surface area contributed by atoms with E-state index in [-0.39, 0.29) is 0 Å². The SMILES string of the molecule is CCCCCCCCCCCCCC[Si](C)(Cl)CCCCCCCCCCCCCC. The van der Waals surface area contributed by atoms with Crippen molar-refractivity contribution in [3.05, 3.63) is 0 Å². The number of halogens is 1. The molecular weight excluding hydrogens is 412 g/mol. The van der Waals surface area contributed by atoms with E-state index in [0.717, 1.165) is 0 Å². The van der Waals surface area contributed by atoms with Gasteiger partial charge in [0, 0.05) is 0 Å². The first-order valence-electron chi connectivity index (χ1n) is 14.8. The Balaban J connectivity index is 3.29. The van der Waals surface area contributed by atoms with Crippen LogP contribution < -0.4 is 0 Å². The summed E-state index contributed by atoms with van der Waals surface area (Å²) < 4.78 is 0. The Bertz CT molecular complexity index is 299. The van der Waals surface area contributed by atoms with Gasteiger partial charge in [0.25, 0.3) is 0 Å². The van der Waals surface area contributed by atoms with Gasteiger partial charge < -0.3 is 0 Å². The van der Waals surface area contributed by atoms with Crippen molar-refractivity contribution in [2.45, 2.75) is 187 Å². The molecule has 0 N–H and O–H groups in total. The zero-order valence-electron chi connectivity index (χ0n) is 22.3. The van der Waals surface area contributed by atoms with Gasteiger partial charge in [0.05, 0.1) is 0 Å². The maximum atomic E-state index is 6.94. The fraction of sp³-hybridized carbons (Fsp3) is 1.00. The summed E-state index contributed by atoms with van der Waals surface area (Å²) in [7, 11) is -1.43. The summed E-state index contributed by atoms with van der Waals surface area (Å²) in [5.74, 6) is 0. The minimum Gasteiger partial charge on any atom is -0.167 e. The second-order valence-corrected chi connectivity index (χ2v) is 17.3. The second-order valence-electron chi connectivity index (χ2n) is 10.7. The standard InChI is InChI=1S/C29H61ClSi/c1-4-6-8-10-12-14-16-18-20-22-24-26-28-31(3,30)29-27-25-23-21-19-17-15-13-11-9-7-5-2/h4-29H2,1-3H3. The van der Waals surface area contributed by atoms with Crippen molar-refractivity contribution < 1.29 is 0 Å². The number of unbranched alkanes of at least 4 members (excludes halogenated alkanes) is 22. The maximum Gasteiger partial charge on any atom is 0.153 e. The topological polar surface area (TPSA) is 0 Å². The van der Waals surface area contributed by atoms with Gasteiger partial charge in [-0.05, 0) is 12.1 Å². The lowest BCUT2D eigenvalue weighted by atomic mass is 10.1. The monoisotopic (exact) mass is 472 g/mol. The van der Waals surface area contributed by atoms with Gasteiger partial charge in [0.1, 0.15) is 0 Å². The van der Waals surface area contributed by atoms with Crippen LogP contribution in [-0.4, -0.2) is 7.38 Å². The molecule has 0 fully saturated rings. The number of rotatable bonds is 26. The van der Waals surface area contributed by atoms with Crippen LogP contribution in [0.2, 0.25) is 18.6 Å². The average Bonchev–Trinajstić information content (AvgIpc) is 2.75. The summed E-state index contributed by atoms with van der Waals surface area (Å²) in [5, 5.41) is 0. The molecule has 188 valence electrons.